The maximum atomic E-state index is 12.4. The van der Waals surface area contributed by atoms with Gasteiger partial charge in [-0.15, -0.1) is 0 Å². The van der Waals surface area contributed by atoms with E-state index < -0.39 is 0 Å². The van der Waals surface area contributed by atoms with Gasteiger partial charge in [0.2, 0.25) is 0 Å². The molecule has 0 radical (unpaired) electrons. The second-order valence-electron chi connectivity index (χ2n) is 4.47. The van der Waals surface area contributed by atoms with Gasteiger partial charge in [0.15, 0.2) is 5.78 Å². The smallest absolute Gasteiger partial charge is 0.193 e. The van der Waals surface area contributed by atoms with Crippen molar-refractivity contribution in [3.8, 4) is 0 Å². The fourth-order valence-corrected chi connectivity index (χ4v) is 1.93. The molecule has 2 rings (SSSR count). The second-order valence-corrected chi connectivity index (χ2v) is 4.47. The predicted molar refractivity (Wildman–Crippen MR) is 77.0 cm³/mol. The summed E-state index contributed by atoms with van der Waals surface area (Å²) >= 11 is 0. The molecule has 2 aromatic carbocycles. The first-order valence-corrected chi connectivity index (χ1v) is 6.10. The molecule has 20 heavy (non-hydrogen) atoms. The summed E-state index contributed by atoms with van der Waals surface area (Å²) < 4.78 is 0. The fourth-order valence-electron chi connectivity index (χ4n) is 1.93. The molecule has 0 aliphatic carbocycles. The Hall–Kier alpha value is -2.37. The monoisotopic (exact) mass is 272 g/mol. The van der Waals surface area contributed by atoms with Crippen LogP contribution in [-0.4, -0.2) is 16.0 Å². The number of nitrogen functional groups attached to an aromatic ring is 2. The van der Waals surface area contributed by atoms with Crippen LogP contribution in [0.3, 0.4) is 0 Å². The number of anilines is 2. The van der Waals surface area contributed by atoms with Crippen LogP contribution in [0.5, 0.6) is 0 Å². The van der Waals surface area contributed by atoms with Gasteiger partial charge in [-0.1, -0.05) is 0 Å². The molecule has 0 bridgehead atoms. The number of aliphatic hydroxyl groups is 2. The van der Waals surface area contributed by atoms with Crippen molar-refractivity contribution in [3.05, 3.63) is 58.7 Å². The van der Waals surface area contributed by atoms with E-state index in [-0.39, 0.29) is 19.0 Å². The fraction of sp³-hybridized carbons (Fsp3) is 0.133. The van der Waals surface area contributed by atoms with Crippen LogP contribution in [0.25, 0.3) is 0 Å². The first-order valence-electron chi connectivity index (χ1n) is 6.10. The van der Waals surface area contributed by atoms with Gasteiger partial charge in [0.25, 0.3) is 0 Å². The molecule has 6 N–H and O–H groups in total. The first kappa shape index (κ1) is 14.0. The molecule has 0 amide bonds. The first-order chi connectivity index (χ1) is 9.56. The third-order valence-electron chi connectivity index (χ3n) is 3.15. The minimum Gasteiger partial charge on any atom is -0.398 e. The van der Waals surface area contributed by atoms with E-state index in [1.165, 1.54) is 0 Å². The van der Waals surface area contributed by atoms with Gasteiger partial charge in [-0.2, -0.15) is 0 Å². The van der Waals surface area contributed by atoms with Crippen LogP contribution in [0.1, 0.15) is 27.0 Å². The van der Waals surface area contributed by atoms with Gasteiger partial charge in [-0.3, -0.25) is 4.79 Å². The summed E-state index contributed by atoms with van der Waals surface area (Å²) in [4.78, 5) is 12.4. The molecule has 104 valence electrons. The zero-order valence-corrected chi connectivity index (χ0v) is 10.8. The van der Waals surface area contributed by atoms with Gasteiger partial charge in [-0.25, -0.2) is 0 Å². The Morgan fingerprint density at radius 2 is 1.25 bits per heavy atom. The number of carbonyl (C=O) groups excluding carboxylic acids is 1. The lowest BCUT2D eigenvalue weighted by Crippen LogP contribution is -2.05. The quantitative estimate of drug-likeness (QED) is 0.491. The molecular formula is C15H16N2O3. The summed E-state index contributed by atoms with van der Waals surface area (Å²) in [5.74, 6) is -0.214. The zero-order chi connectivity index (χ0) is 14.7. The molecule has 0 unspecified atom stereocenters. The number of hydrogen-bond acceptors (Lipinski definition) is 5. The molecule has 0 saturated carbocycles. The van der Waals surface area contributed by atoms with E-state index in [9.17, 15) is 15.0 Å². The third-order valence-corrected chi connectivity index (χ3v) is 3.15. The van der Waals surface area contributed by atoms with Crippen molar-refractivity contribution in [2.24, 2.45) is 0 Å². The highest BCUT2D eigenvalue weighted by atomic mass is 16.3. The molecule has 0 aliphatic rings. The standard InChI is InChI=1S/C15H16N2O3/c16-13-3-1-9(5-11(13)7-18)15(20)10-2-4-14(17)12(6-10)8-19/h1-6,18-19H,7-8,16-17H2. The maximum absolute atomic E-state index is 12.4. The second kappa shape index (κ2) is 5.73. The van der Waals surface area contributed by atoms with Crippen LogP contribution in [0, 0.1) is 0 Å². The Balaban J connectivity index is 2.41. The highest BCUT2D eigenvalue weighted by Gasteiger charge is 2.12. The van der Waals surface area contributed by atoms with Crippen LogP contribution in [0.15, 0.2) is 36.4 Å². The molecule has 0 aromatic heterocycles. The van der Waals surface area contributed by atoms with Gasteiger partial charge < -0.3 is 21.7 Å². The van der Waals surface area contributed by atoms with E-state index in [1.54, 1.807) is 36.4 Å². The molecule has 5 heteroatoms. The van der Waals surface area contributed by atoms with Crippen molar-refractivity contribution < 1.29 is 15.0 Å². The molecule has 5 nitrogen and oxygen atoms in total. The molecule has 0 aliphatic heterocycles. The normalized spacial score (nSPS) is 10.5. The van der Waals surface area contributed by atoms with Crippen LogP contribution in [0.2, 0.25) is 0 Å². The SMILES string of the molecule is Nc1ccc(C(=O)c2ccc(N)c(CO)c2)cc1CO. The highest BCUT2D eigenvalue weighted by molar-refractivity contribution is 6.09. The molecule has 0 fully saturated rings. The summed E-state index contributed by atoms with van der Waals surface area (Å²) in [5, 5.41) is 18.3. The lowest BCUT2D eigenvalue weighted by atomic mass is 9.98. The van der Waals surface area contributed by atoms with E-state index in [4.69, 9.17) is 11.5 Å². The predicted octanol–water partition coefficient (Wildman–Crippen LogP) is 1.07. The van der Waals surface area contributed by atoms with E-state index in [0.29, 0.717) is 33.6 Å². The number of benzene rings is 2. The number of hydrogen-bond donors (Lipinski definition) is 4. The molecule has 0 saturated heterocycles. The highest BCUT2D eigenvalue weighted by Crippen LogP contribution is 2.20. The minimum absolute atomic E-state index is 0.214. The molecule has 2 aromatic rings. The summed E-state index contributed by atoms with van der Waals surface area (Å²) in [6, 6.07) is 9.50. The van der Waals surface area contributed by atoms with Crippen molar-refractivity contribution >= 4 is 17.2 Å². The molecule has 0 atom stereocenters. The van der Waals surface area contributed by atoms with Gasteiger partial charge in [0, 0.05) is 33.6 Å². The maximum Gasteiger partial charge on any atom is 0.193 e. The number of nitrogens with two attached hydrogens (primary N) is 2. The van der Waals surface area contributed by atoms with Crippen LogP contribution in [0.4, 0.5) is 11.4 Å². The lowest BCUT2D eigenvalue weighted by Gasteiger charge is -2.08. The molecular weight excluding hydrogens is 256 g/mol. The van der Waals surface area contributed by atoms with Gasteiger partial charge in [0.1, 0.15) is 0 Å². The van der Waals surface area contributed by atoms with Gasteiger partial charge in [-0.05, 0) is 36.4 Å². The van der Waals surface area contributed by atoms with Crippen molar-refractivity contribution in [2.75, 3.05) is 11.5 Å². The molecule has 0 heterocycles. The number of rotatable bonds is 4. The Morgan fingerprint density at radius 1 is 0.850 bits per heavy atom. The number of carbonyl (C=O) groups is 1. The number of aliphatic hydroxyl groups excluding tert-OH is 2. The van der Waals surface area contributed by atoms with Crippen molar-refractivity contribution in [2.45, 2.75) is 13.2 Å². The van der Waals surface area contributed by atoms with E-state index in [0.717, 1.165) is 0 Å². The molecule has 0 spiro atoms. The largest absolute Gasteiger partial charge is 0.398 e. The lowest BCUT2D eigenvalue weighted by molar-refractivity contribution is 0.103. The van der Waals surface area contributed by atoms with Gasteiger partial charge in [0.05, 0.1) is 13.2 Å². The van der Waals surface area contributed by atoms with Gasteiger partial charge >= 0.3 is 0 Å². The Bertz CT molecular complexity index is 598. The van der Waals surface area contributed by atoms with E-state index >= 15 is 0 Å². The number of ketones is 1. The van der Waals surface area contributed by atoms with Crippen LogP contribution in [-0.2, 0) is 13.2 Å². The van der Waals surface area contributed by atoms with E-state index in [2.05, 4.69) is 0 Å². The van der Waals surface area contributed by atoms with Crippen molar-refractivity contribution in [1.82, 2.24) is 0 Å². The average molecular weight is 272 g/mol. The Kier molecular flexibility index (Phi) is 4.02. The minimum atomic E-state index is -0.226. The topological polar surface area (TPSA) is 110 Å². The summed E-state index contributed by atoms with van der Waals surface area (Å²) in [6.45, 7) is -0.451. The van der Waals surface area contributed by atoms with Crippen LogP contribution < -0.4 is 11.5 Å². The van der Waals surface area contributed by atoms with Crippen molar-refractivity contribution in [1.29, 1.82) is 0 Å². The Morgan fingerprint density at radius 3 is 1.60 bits per heavy atom. The van der Waals surface area contributed by atoms with Crippen LogP contribution >= 0.6 is 0 Å². The summed E-state index contributed by atoms with van der Waals surface area (Å²) in [7, 11) is 0. The summed E-state index contributed by atoms with van der Waals surface area (Å²) in [6.07, 6.45) is 0. The average Bonchev–Trinajstić information content (AvgIpc) is 2.47. The third kappa shape index (κ3) is 2.64. The van der Waals surface area contributed by atoms with E-state index in [1.807, 2.05) is 0 Å². The Labute approximate surface area is 116 Å². The summed E-state index contributed by atoms with van der Waals surface area (Å²) in [5.41, 5.74) is 14.1. The van der Waals surface area contributed by atoms with Crippen molar-refractivity contribution in [3.63, 3.8) is 0 Å². The zero-order valence-electron chi connectivity index (χ0n) is 10.8.